The van der Waals surface area contributed by atoms with Crippen molar-refractivity contribution in [3.63, 3.8) is 0 Å². The van der Waals surface area contributed by atoms with Crippen molar-refractivity contribution >= 4 is 21.9 Å². The summed E-state index contributed by atoms with van der Waals surface area (Å²) in [6.45, 7) is 10.8. The maximum Gasteiger partial charge on any atom is 0.0164 e. The Labute approximate surface area is 275 Å². The molecular formula is C46H42. The Hall–Kier alpha value is -5.20. The van der Waals surface area contributed by atoms with Gasteiger partial charge in [-0.1, -0.05) is 192 Å². The Morgan fingerprint density at radius 2 is 0.978 bits per heavy atom. The molecule has 3 aliphatic rings. The van der Waals surface area contributed by atoms with E-state index >= 15 is 0 Å². The third-order valence-corrected chi connectivity index (χ3v) is 8.97. The molecule has 0 radical (unpaired) electrons. The van der Waals surface area contributed by atoms with Crippen molar-refractivity contribution in [1.82, 2.24) is 0 Å². The Morgan fingerprint density at radius 3 is 1.67 bits per heavy atom. The normalized spacial score (nSPS) is 13.3. The van der Waals surface area contributed by atoms with Crippen LogP contribution in [0.25, 0.3) is 55.3 Å². The molecule has 0 amide bonds. The summed E-state index contributed by atoms with van der Waals surface area (Å²) in [6.07, 6.45) is 4.41. The van der Waals surface area contributed by atoms with E-state index in [-0.39, 0.29) is 5.41 Å². The van der Waals surface area contributed by atoms with E-state index in [1.807, 2.05) is 13.8 Å². The summed E-state index contributed by atoms with van der Waals surface area (Å²) < 4.78 is 0. The third kappa shape index (κ3) is 5.80. The van der Waals surface area contributed by atoms with E-state index in [1.54, 1.807) is 0 Å². The molecule has 7 rings (SSSR count). The predicted molar refractivity (Wildman–Crippen MR) is 202 cm³/mol. The molecule has 0 N–H and O–H groups in total. The molecule has 0 saturated heterocycles. The van der Waals surface area contributed by atoms with Crippen molar-refractivity contribution in [1.29, 1.82) is 0 Å². The lowest BCUT2D eigenvalue weighted by molar-refractivity contribution is 0.704. The molecule has 0 spiro atoms. The number of benzene rings is 4. The van der Waals surface area contributed by atoms with E-state index < -0.39 is 0 Å². The SMILES string of the molecule is C/C=C\C1=C(c2cccccc3c(-c4ccc(-c5cccc6ccccc56)cc4)c-3ccccc2)C(C)(C)c2ccccc21.CC. The first-order valence-electron chi connectivity index (χ1n) is 16.5. The topological polar surface area (TPSA) is 0 Å². The van der Waals surface area contributed by atoms with Gasteiger partial charge in [0.25, 0.3) is 0 Å². The number of allylic oxidation sites excluding steroid dienone is 4. The fourth-order valence-electron chi connectivity index (χ4n) is 6.87. The van der Waals surface area contributed by atoms with Crippen LogP contribution in [0.15, 0.2) is 164 Å². The van der Waals surface area contributed by atoms with Crippen molar-refractivity contribution in [2.24, 2.45) is 0 Å². The summed E-state index contributed by atoms with van der Waals surface area (Å²) in [4.78, 5) is 0. The first-order chi connectivity index (χ1) is 22.6. The van der Waals surface area contributed by atoms with Gasteiger partial charge in [-0.25, -0.2) is 0 Å². The standard InChI is InChI=1S/C44H36.C2H6/c1-4-16-40-37-22-13-14-26-41(37)44(2,3)43(40)34-18-7-5-9-23-38-39(24-10-6-8-19-34)42(38)33-29-27-32(28-30-33)36-25-15-20-31-17-11-12-21-35(31)36;1-2/h4-30H,1-3H3;1-2H3/b7-5?,8-6?,9-5?,10-6?,16-4-,18-7?,19-8?,23-9?,24-10?,34-18?,34-19?,38-23?,39-24?;. The van der Waals surface area contributed by atoms with Crippen LogP contribution >= 0.6 is 0 Å². The minimum absolute atomic E-state index is 0.0879. The van der Waals surface area contributed by atoms with Crippen LogP contribution in [0.3, 0.4) is 0 Å². The molecule has 0 atom stereocenters. The monoisotopic (exact) mass is 594 g/mol. The van der Waals surface area contributed by atoms with E-state index in [9.17, 15) is 0 Å². The van der Waals surface area contributed by atoms with Crippen LogP contribution in [0.1, 0.15) is 51.3 Å². The van der Waals surface area contributed by atoms with Crippen LogP contribution in [0.2, 0.25) is 0 Å². The first-order valence-corrected chi connectivity index (χ1v) is 16.5. The molecule has 4 aromatic carbocycles. The second-order valence-electron chi connectivity index (χ2n) is 12.0. The van der Waals surface area contributed by atoms with Gasteiger partial charge in [0, 0.05) is 5.41 Å². The lowest BCUT2D eigenvalue weighted by Gasteiger charge is -2.25. The Kier molecular flexibility index (Phi) is 8.99. The quantitative estimate of drug-likeness (QED) is 0.190. The first kappa shape index (κ1) is 30.8. The average molecular weight is 595 g/mol. The van der Waals surface area contributed by atoms with E-state index in [0.717, 1.165) is 0 Å². The smallest absolute Gasteiger partial charge is 0.0164 e. The molecule has 0 nitrogen and oxygen atoms in total. The zero-order valence-corrected chi connectivity index (χ0v) is 27.6. The van der Waals surface area contributed by atoms with Gasteiger partial charge in [0.1, 0.15) is 0 Å². The molecular weight excluding hydrogens is 553 g/mol. The molecule has 0 bridgehead atoms. The van der Waals surface area contributed by atoms with Gasteiger partial charge >= 0.3 is 0 Å². The fraction of sp³-hybridized carbons (Fsp3) is 0.130. The molecule has 226 valence electrons. The molecule has 0 fully saturated rings. The van der Waals surface area contributed by atoms with Crippen LogP contribution in [0.5, 0.6) is 0 Å². The van der Waals surface area contributed by atoms with Crippen molar-refractivity contribution in [2.75, 3.05) is 0 Å². The van der Waals surface area contributed by atoms with Crippen LogP contribution in [0.4, 0.5) is 0 Å². The molecule has 4 aromatic rings. The zero-order chi connectivity index (χ0) is 32.1. The van der Waals surface area contributed by atoms with Crippen molar-refractivity contribution in [3.8, 4) is 33.4 Å². The highest BCUT2D eigenvalue weighted by atomic mass is 14.4. The molecule has 0 saturated carbocycles. The van der Waals surface area contributed by atoms with Gasteiger partial charge in [-0.05, 0) is 78.9 Å². The summed E-state index contributed by atoms with van der Waals surface area (Å²) in [7, 11) is 0. The molecule has 3 aliphatic carbocycles. The Bertz CT molecular complexity index is 2030. The molecule has 0 heteroatoms. The van der Waals surface area contributed by atoms with Crippen LogP contribution < -0.4 is 0 Å². The summed E-state index contributed by atoms with van der Waals surface area (Å²) in [5, 5.41) is 2.56. The molecule has 0 heterocycles. The summed E-state index contributed by atoms with van der Waals surface area (Å²) in [5.41, 5.74) is 14.2. The summed E-state index contributed by atoms with van der Waals surface area (Å²) >= 11 is 0. The number of rotatable bonds is 4. The van der Waals surface area contributed by atoms with Crippen LogP contribution in [-0.2, 0) is 5.41 Å². The van der Waals surface area contributed by atoms with Gasteiger partial charge < -0.3 is 0 Å². The number of hydrogen-bond acceptors (Lipinski definition) is 0. The van der Waals surface area contributed by atoms with Gasteiger partial charge in [-0.15, -0.1) is 0 Å². The second kappa shape index (κ2) is 13.4. The van der Waals surface area contributed by atoms with E-state index in [1.165, 1.54) is 72.0 Å². The van der Waals surface area contributed by atoms with Crippen LogP contribution in [-0.4, -0.2) is 0 Å². The van der Waals surface area contributed by atoms with Gasteiger partial charge in [0.15, 0.2) is 0 Å². The highest BCUT2D eigenvalue weighted by molar-refractivity contribution is 6.07. The van der Waals surface area contributed by atoms with Gasteiger partial charge in [-0.2, -0.15) is 0 Å². The zero-order valence-electron chi connectivity index (χ0n) is 27.6. The lowest BCUT2D eigenvalue weighted by atomic mass is 9.78. The molecule has 0 unspecified atom stereocenters. The minimum Gasteiger partial charge on any atom is -0.0870 e. The largest absolute Gasteiger partial charge is 0.0870 e. The molecule has 46 heavy (non-hydrogen) atoms. The predicted octanol–water partition coefficient (Wildman–Crippen LogP) is 13.2. The average Bonchev–Trinajstić information content (AvgIpc) is 3.73. The fourth-order valence-corrected chi connectivity index (χ4v) is 6.87. The van der Waals surface area contributed by atoms with E-state index in [2.05, 4.69) is 185 Å². The highest BCUT2D eigenvalue weighted by Crippen LogP contribution is 2.51. The molecule has 0 aromatic heterocycles. The lowest BCUT2D eigenvalue weighted by Crippen LogP contribution is -2.16. The minimum atomic E-state index is -0.0879. The highest BCUT2D eigenvalue weighted by Gasteiger charge is 2.37. The van der Waals surface area contributed by atoms with E-state index in [0.29, 0.717) is 0 Å². The Balaban J connectivity index is 0.00000182. The molecule has 0 aliphatic heterocycles. The van der Waals surface area contributed by atoms with Gasteiger partial charge in [0.05, 0.1) is 0 Å². The van der Waals surface area contributed by atoms with Gasteiger partial charge in [0.2, 0.25) is 0 Å². The van der Waals surface area contributed by atoms with Crippen molar-refractivity contribution in [3.05, 3.63) is 181 Å². The van der Waals surface area contributed by atoms with Crippen molar-refractivity contribution in [2.45, 2.75) is 40.0 Å². The second-order valence-corrected chi connectivity index (χ2v) is 12.0. The number of fused-ring (bicyclic) bond motifs is 3. The third-order valence-electron chi connectivity index (χ3n) is 8.97. The van der Waals surface area contributed by atoms with Gasteiger partial charge in [-0.3, -0.25) is 0 Å². The van der Waals surface area contributed by atoms with Crippen LogP contribution in [0, 0.1) is 0 Å². The summed E-state index contributed by atoms with van der Waals surface area (Å²) in [5.74, 6) is 0. The maximum atomic E-state index is 2.34. The van der Waals surface area contributed by atoms with Crippen molar-refractivity contribution < 1.29 is 0 Å². The maximum absolute atomic E-state index is 2.34. The van der Waals surface area contributed by atoms with E-state index in [4.69, 9.17) is 0 Å². The Morgan fingerprint density at radius 1 is 0.457 bits per heavy atom. The number of hydrogen-bond donors (Lipinski definition) is 0. The summed E-state index contributed by atoms with van der Waals surface area (Å²) in [6, 6.07) is 54.9.